The Hall–Kier alpha value is -1.32. The second kappa shape index (κ2) is 3.93. The first kappa shape index (κ1) is 9.88. The van der Waals surface area contributed by atoms with E-state index in [0.29, 0.717) is 0 Å². The molecular formula is C12H14BN3. The average molecular weight is 211 g/mol. The highest BCUT2D eigenvalue weighted by atomic mass is 15.1. The third-order valence-corrected chi connectivity index (χ3v) is 3.49. The van der Waals surface area contributed by atoms with Crippen LogP contribution in [0.3, 0.4) is 0 Å². The molecular weight excluding hydrogens is 197 g/mol. The molecule has 16 heavy (non-hydrogen) atoms. The molecule has 0 fully saturated rings. The lowest BCUT2D eigenvalue weighted by molar-refractivity contribution is 0.634. The van der Waals surface area contributed by atoms with Crippen LogP contribution in [0, 0.1) is 0 Å². The molecule has 0 saturated carbocycles. The Morgan fingerprint density at radius 1 is 1.06 bits per heavy atom. The van der Waals surface area contributed by atoms with Crippen LogP contribution in [-0.2, 0) is 12.8 Å². The fourth-order valence-corrected chi connectivity index (χ4v) is 2.91. The first-order chi connectivity index (χ1) is 7.88. The second-order valence-corrected chi connectivity index (χ2v) is 4.52. The van der Waals surface area contributed by atoms with E-state index >= 15 is 0 Å². The lowest BCUT2D eigenvalue weighted by atomic mass is 9.91. The van der Waals surface area contributed by atoms with E-state index in [1.807, 2.05) is 0 Å². The molecule has 2 aliphatic heterocycles. The van der Waals surface area contributed by atoms with Gasteiger partial charge in [0.2, 0.25) is 0 Å². The van der Waals surface area contributed by atoms with E-state index in [1.54, 1.807) is 0 Å². The van der Waals surface area contributed by atoms with Gasteiger partial charge in [-0.25, -0.2) is 0 Å². The molecule has 2 radical (unpaired) electrons. The van der Waals surface area contributed by atoms with Crippen LogP contribution in [0.5, 0.6) is 0 Å². The van der Waals surface area contributed by atoms with Crippen LogP contribution in [0.25, 0.3) is 0 Å². The van der Waals surface area contributed by atoms with Gasteiger partial charge in [0, 0.05) is 18.8 Å². The summed E-state index contributed by atoms with van der Waals surface area (Å²) in [6, 6.07) is 4.26. The van der Waals surface area contributed by atoms with Crippen molar-refractivity contribution in [2.75, 3.05) is 18.0 Å². The van der Waals surface area contributed by atoms with Gasteiger partial charge in [0.25, 0.3) is 7.98 Å². The number of nitrogens with zero attached hydrogens (tertiary/aromatic N) is 3. The summed E-state index contributed by atoms with van der Waals surface area (Å²) in [7, 11) is 5.12. The Labute approximate surface area is 97.0 Å². The van der Waals surface area contributed by atoms with Crippen molar-refractivity contribution in [3.8, 4) is 0 Å². The number of hydrogen-bond donors (Lipinski definition) is 0. The van der Waals surface area contributed by atoms with Gasteiger partial charge >= 0.3 is 0 Å². The van der Waals surface area contributed by atoms with E-state index in [1.165, 1.54) is 42.7 Å². The fraction of sp³-hybridized carbons (Fsp3) is 0.500. The van der Waals surface area contributed by atoms with Gasteiger partial charge < -0.3 is 4.90 Å². The lowest BCUT2D eigenvalue weighted by Crippen LogP contribution is -2.34. The second-order valence-electron chi connectivity index (χ2n) is 4.52. The predicted molar refractivity (Wildman–Crippen MR) is 65.6 cm³/mol. The van der Waals surface area contributed by atoms with E-state index < -0.39 is 0 Å². The predicted octanol–water partition coefficient (Wildman–Crippen LogP) is 2.55. The molecule has 1 aromatic carbocycles. The van der Waals surface area contributed by atoms with Crippen molar-refractivity contribution < 1.29 is 0 Å². The standard InChI is InChI=1S/C12H14BN3/c13-15-14-11-7-9-3-1-5-16-6-2-4-10(8-11)12(9)16/h7-8H,1-6H2. The average Bonchev–Trinajstić information content (AvgIpc) is 2.30. The normalized spacial score (nSPS) is 18.9. The molecule has 0 aromatic heterocycles. The number of rotatable bonds is 1. The minimum Gasteiger partial charge on any atom is -0.371 e. The molecule has 0 bridgehead atoms. The van der Waals surface area contributed by atoms with Crippen molar-refractivity contribution in [2.24, 2.45) is 10.1 Å². The molecule has 0 unspecified atom stereocenters. The molecule has 0 N–H and O–H groups in total. The number of benzene rings is 1. The molecule has 4 heteroatoms. The first-order valence-electron chi connectivity index (χ1n) is 5.90. The van der Waals surface area contributed by atoms with Gasteiger partial charge in [-0.15, -0.1) is 0 Å². The van der Waals surface area contributed by atoms with Crippen LogP contribution < -0.4 is 4.90 Å². The Morgan fingerprint density at radius 3 is 2.25 bits per heavy atom. The summed E-state index contributed by atoms with van der Waals surface area (Å²) >= 11 is 0. The summed E-state index contributed by atoms with van der Waals surface area (Å²) in [4.78, 5) is 2.51. The summed E-state index contributed by atoms with van der Waals surface area (Å²) in [5, 5.41) is 7.34. The minimum absolute atomic E-state index is 0.903. The third-order valence-electron chi connectivity index (χ3n) is 3.49. The van der Waals surface area contributed by atoms with E-state index in [4.69, 9.17) is 7.98 Å². The summed E-state index contributed by atoms with van der Waals surface area (Å²) in [6.45, 7) is 2.41. The van der Waals surface area contributed by atoms with Gasteiger partial charge in [-0.3, -0.25) is 5.03 Å². The number of aryl methyl sites for hydroxylation is 2. The molecule has 0 atom stereocenters. The Kier molecular flexibility index (Phi) is 2.42. The maximum atomic E-state index is 5.12. The zero-order valence-corrected chi connectivity index (χ0v) is 9.32. The van der Waals surface area contributed by atoms with E-state index in [-0.39, 0.29) is 0 Å². The van der Waals surface area contributed by atoms with Gasteiger partial charge in [0.1, 0.15) is 0 Å². The summed E-state index contributed by atoms with van der Waals surface area (Å²) in [5.74, 6) is 0. The number of anilines is 1. The maximum absolute atomic E-state index is 5.12. The summed E-state index contributed by atoms with van der Waals surface area (Å²) in [5.41, 5.74) is 5.21. The molecule has 80 valence electrons. The zero-order valence-electron chi connectivity index (χ0n) is 9.32. The molecule has 0 saturated heterocycles. The van der Waals surface area contributed by atoms with Crippen LogP contribution in [-0.4, -0.2) is 21.1 Å². The molecule has 0 aliphatic carbocycles. The van der Waals surface area contributed by atoms with Crippen molar-refractivity contribution in [1.29, 1.82) is 0 Å². The van der Waals surface area contributed by atoms with E-state index in [9.17, 15) is 0 Å². The Balaban J connectivity index is 2.13. The number of hydrogen-bond acceptors (Lipinski definition) is 3. The zero-order chi connectivity index (χ0) is 11.0. The summed E-state index contributed by atoms with van der Waals surface area (Å²) < 4.78 is 0. The van der Waals surface area contributed by atoms with Crippen molar-refractivity contribution in [3.05, 3.63) is 23.3 Å². The van der Waals surface area contributed by atoms with Gasteiger partial charge in [-0.2, -0.15) is 5.11 Å². The highest BCUT2D eigenvalue weighted by Gasteiger charge is 2.23. The van der Waals surface area contributed by atoms with Gasteiger partial charge in [-0.1, -0.05) is 0 Å². The molecule has 0 spiro atoms. The first-order valence-corrected chi connectivity index (χ1v) is 5.90. The van der Waals surface area contributed by atoms with Gasteiger partial charge in [0.15, 0.2) is 0 Å². The third kappa shape index (κ3) is 1.53. The SMILES string of the molecule is [B]N=Nc1cc2c3c(c1)CCCN3CCC2. The molecule has 3 nitrogen and oxygen atoms in total. The largest absolute Gasteiger partial charge is 0.371 e. The molecule has 1 aromatic rings. The van der Waals surface area contributed by atoms with Crippen LogP contribution in [0.2, 0.25) is 0 Å². The van der Waals surface area contributed by atoms with E-state index in [2.05, 4.69) is 27.2 Å². The smallest absolute Gasteiger partial charge is 0.293 e. The minimum atomic E-state index is 0.903. The van der Waals surface area contributed by atoms with Crippen LogP contribution >= 0.6 is 0 Å². The van der Waals surface area contributed by atoms with Crippen molar-refractivity contribution in [2.45, 2.75) is 25.7 Å². The van der Waals surface area contributed by atoms with Crippen LogP contribution in [0.1, 0.15) is 24.0 Å². The van der Waals surface area contributed by atoms with Crippen molar-refractivity contribution in [3.63, 3.8) is 0 Å². The fourth-order valence-electron chi connectivity index (χ4n) is 2.91. The molecule has 2 aliphatic rings. The van der Waals surface area contributed by atoms with Crippen molar-refractivity contribution in [1.82, 2.24) is 0 Å². The Morgan fingerprint density at radius 2 is 1.69 bits per heavy atom. The maximum Gasteiger partial charge on any atom is 0.293 e. The quantitative estimate of drug-likeness (QED) is 0.518. The monoisotopic (exact) mass is 211 g/mol. The highest BCUT2D eigenvalue weighted by Crippen LogP contribution is 2.37. The highest BCUT2D eigenvalue weighted by molar-refractivity contribution is 6.04. The van der Waals surface area contributed by atoms with E-state index in [0.717, 1.165) is 18.5 Å². The Bertz CT molecular complexity index is 411. The van der Waals surface area contributed by atoms with Crippen molar-refractivity contribution >= 4 is 19.4 Å². The summed E-state index contributed by atoms with van der Waals surface area (Å²) in [6.07, 6.45) is 4.81. The van der Waals surface area contributed by atoms with Crippen LogP contribution in [0.4, 0.5) is 11.4 Å². The van der Waals surface area contributed by atoms with Gasteiger partial charge in [0.05, 0.1) is 5.69 Å². The van der Waals surface area contributed by atoms with Gasteiger partial charge in [-0.05, 0) is 48.9 Å². The lowest BCUT2D eigenvalue weighted by Gasteiger charge is -2.36. The topological polar surface area (TPSA) is 28.0 Å². The molecule has 3 rings (SSSR count). The van der Waals surface area contributed by atoms with Crippen LogP contribution in [0.15, 0.2) is 22.3 Å². The molecule has 2 heterocycles. The molecule has 0 amide bonds.